The van der Waals surface area contributed by atoms with Gasteiger partial charge in [0.15, 0.2) is 0 Å². The second kappa shape index (κ2) is 7.99. The molecule has 5 N–H and O–H groups in total. The van der Waals surface area contributed by atoms with E-state index in [9.17, 15) is 16.8 Å². The Morgan fingerprint density at radius 1 is 1.05 bits per heavy atom. The molecule has 0 aliphatic rings. The molecule has 0 radical (unpaired) electrons. The maximum Gasteiger partial charge on any atom is 0.212 e. The molecule has 120 valence electrons. The van der Waals surface area contributed by atoms with Crippen LogP contribution in [0.25, 0.3) is 0 Å². The highest BCUT2D eigenvalue weighted by Gasteiger charge is 2.10. The van der Waals surface area contributed by atoms with Gasteiger partial charge in [0, 0.05) is 22.9 Å². The van der Waals surface area contributed by atoms with Crippen LogP contribution >= 0.6 is 11.8 Å². The molecule has 0 saturated heterocycles. The maximum atomic E-state index is 11.7. The standard InChI is InChI=1S/C11H19N3O4S3/c12-10-2-4-11(5-3-10)19-7-9-21(17,18)14-6-1-8-20(13,15)16/h2-5,14H,1,6-9,12H2,(H2,13,15,16). The van der Waals surface area contributed by atoms with Gasteiger partial charge in [-0.1, -0.05) is 0 Å². The van der Waals surface area contributed by atoms with Crippen LogP contribution in [0.4, 0.5) is 5.69 Å². The normalized spacial score (nSPS) is 12.4. The Bertz CT molecular complexity index is 642. The Hall–Kier alpha value is -0.810. The van der Waals surface area contributed by atoms with Gasteiger partial charge in [-0.15, -0.1) is 11.8 Å². The van der Waals surface area contributed by atoms with Crippen molar-refractivity contribution in [2.45, 2.75) is 11.3 Å². The lowest BCUT2D eigenvalue weighted by molar-refractivity contribution is 0.578. The number of benzene rings is 1. The molecular weight excluding hydrogens is 334 g/mol. The molecule has 0 spiro atoms. The van der Waals surface area contributed by atoms with Crippen molar-refractivity contribution in [3.05, 3.63) is 24.3 Å². The number of rotatable bonds is 9. The van der Waals surface area contributed by atoms with Crippen molar-refractivity contribution in [1.29, 1.82) is 0 Å². The second-order valence-electron chi connectivity index (χ2n) is 4.35. The molecule has 0 unspecified atom stereocenters. The summed E-state index contributed by atoms with van der Waals surface area (Å²) in [7, 11) is -6.96. The van der Waals surface area contributed by atoms with Crippen LogP contribution in [-0.4, -0.2) is 40.6 Å². The van der Waals surface area contributed by atoms with Gasteiger partial charge in [-0.3, -0.25) is 0 Å². The summed E-state index contributed by atoms with van der Waals surface area (Å²) in [5.41, 5.74) is 6.21. The molecule has 0 saturated carbocycles. The summed E-state index contributed by atoms with van der Waals surface area (Å²) in [5, 5.41) is 4.82. The molecule has 0 atom stereocenters. The van der Waals surface area contributed by atoms with Crippen LogP contribution in [0.1, 0.15) is 6.42 Å². The second-order valence-corrected chi connectivity index (χ2v) is 9.18. The first-order valence-electron chi connectivity index (χ1n) is 6.14. The summed E-state index contributed by atoms with van der Waals surface area (Å²) in [6, 6.07) is 7.16. The smallest absolute Gasteiger partial charge is 0.212 e. The Kier molecular flexibility index (Phi) is 6.94. The van der Waals surface area contributed by atoms with Crippen molar-refractivity contribution < 1.29 is 16.8 Å². The number of nitrogens with two attached hydrogens (primary N) is 2. The van der Waals surface area contributed by atoms with Crippen molar-refractivity contribution in [2.75, 3.05) is 29.5 Å². The average Bonchev–Trinajstić information content (AvgIpc) is 2.36. The summed E-state index contributed by atoms with van der Waals surface area (Å²) >= 11 is 1.41. The van der Waals surface area contributed by atoms with Gasteiger partial charge < -0.3 is 5.73 Å². The first kappa shape index (κ1) is 18.2. The van der Waals surface area contributed by atoms with Crippen LogP contribution in [0.2, 0.25) is 0 Å². The van der Waals surface area contributed by atoms with Crippen LogP contribution in [-0.2, 0) is 20.0 Å². The summed E-state index contributed by atoms with van der Waals surface area (Å²) in [6.07, 6.45) is 0.156. The summed E-state index contributed by atoms with van der Waals surface area (Å²) < 4.78 is 47.1. The predicted molar refractivity (Wildman–Crippen MR) is 86.0 cm³/mol. The van der Waals surface area contributed by atoms with E-state index in [4.69, 9.17) is 10.9 Å². The number of hydrogen-bond donors (Lipinski definition) is 3. The van der Waals surface area contributed by atoms with Crippen LogP contribution in [0.5, 0.6) is 0 Å². The van der Waals surface area contributed by atoms with Crippen LogP contribution in [0, 0.1) is 0 Å². The molecule has 21 heavy (non-hydrogen) atoms. The highest BCUT2D eigenvalue weighted by Crippen LogP contribution is 2.19. The molecule has 0 heterocycles. The first-order valence-corrected chi connectivity index (χ1v) is 10.5. The highest BCUT2D eigenvalue weighted by molar-refractivity contribution is 8.00. The molecule has 0 aliphatic carbocycles. The summed E-state index contributed by atoms with van der Waals surface area (Å²) in [5.74, 6) is 0.113. The molecule has 0 aromatic heterocycles. The van der Waals surface area contributed by atoms with E-state index in [1.54, 1.807) is 12.1 Å². The molecule has 0 amide bonds. The number of nitrogen functional groups attached to an aromatic ring is 1. The Morgan fingerprint density at radius 3 is 2.24 bits per heavy atom. The van der Waals surface area contributed by atoms with Crippen LogP contribution in [0.3, 0.4) is 0 Å². The third kappa shape index (κ3) is 8.94. The van der Waals surface area contributed by atoms with E-state index in [1.807, 2.05) is 12.1 Å². The lowest BCUT2D eigenvalue weighted by Crippen LogP contribution is -2.30. The van der Waals surface area contributed by atoms with Crippen molar-refractivity contribution in [2.24, 2.45) is 5.14 Å². The fraction of sp³-hybridized carbons (Fsp3) is 0.455. The minimum absolute atomic E-state index is 0.0442. The summed E-state index contributed by atoms with van der Waals surface area (Å²) in [4.78, 5) is 0.939. The minimum Gasteiger partial charge on any atom is -0.399 e. The van der Waals surface area contributed by atoms with Gasteiger partial charge in [-0.25, -0.2) is 26.7 Å². The lowest BCUT2D eigenvalue weighted by Gasteiger charge is -2.06. The van der Waals surface area contributed by atoms with E-state index >= 15 is 0 Å². The Labute approximate surface area is 129 Å². The predicted octanol–water partition coefficient (Wildman–Crippen LogP) is -0.0411. The van der Waals surface area contributed by atoms with E-state index in [1.165, 1.54) is 11.8 Å². The van der Waals surface area contributed by atoms with E-state index in [-0.39, 0.29) is 24.5 Å². The largest absolute Gasteiger partial charge is 0.399 e. The van der Waals surface area contributed by atoms with Gasteiger partial charge in [-0.05, 0) is 30.7 Å². The first-order chi connectivity index (χ1) is 9.68. The fourth-order valence-corrected chi connectivity index (χ4v) is 4.33. The minimum atomic E-state index is -3.55. The van der Waals surface area contributed by atoms with E-state index in [0.717, 1.165) is 4.90 Å². The number of anilines is 1. The topological polar surface area (TPSA) is 132 Å². The van der Waals surface area contributed by atoms with Crippen LogP contribution < -0.4 is 15.6 Å². The molecule has 0 bridgehead atoms. The zero-order valence-electron chi connectivity index (χ0n) is 11.4. The molecular formula is C11H19N3O4S3. The van der Waals surface area contributed by atoms with Gasteiger partial charge in [0.05, 0.1) is 11.5 Å². The molecule has 0 aliphatic heterocycles. The number of thioether (sulfide) groups is 1. The van der Waals surface area contributed by atoms with E-state index in [2.05, 4.69) is 4.72 Å². The molecule has 1 rings (SSSR count). The Balaban J connectivity index is 2.28. The monoisotopic (exact) mass is 353 g/mol. The number of nitrogens with one attached hydrogen (secondary N) is 1. The average molecular weight is 353 g/mol. The number of hydrogen-bond acceptors (Lipinski definition) is 6. The third-order valence-electron chi connectivity index (χ3n) is 2.43. The van der Waals surface area contributed by atoms with Gasteiger partial charge in [0.2, 0.25) is 20.0 Å². The number of sulfonamides is 2. The highest BCUT2D eigenvalue weighted by atomic mass is 32.2. The molecule has 1 aromatic rings. The molecule has 7 nitrogen and oxygen atoms in total. The zero-order chi connectivity index (χ0) is 15.9. The third-order valence-corrected chi connectivity index (χ3v) is 5.94. The van der Waals surface area contributed by atoms with Crippen molar-refractivity contribution in [3.8, 4) is 0 Å². The molecule has 1 aromatic carbocycles. The van der Waals surface area contributed by atoms with Crippen molar-refractivity contribution >= 4 is 37.5 Å². The Morgan fingerprint density at radius 2 is 1.67 bits per heavy atom. The van der Waals surface area contributed by atoms with E-state index in [0.29, 0.717) is 11.4 Å². The van der Waals surface area contributed by atoms with Gasteiger partial charge in [-0.2, -0.15) is 0 Å². The van der Waals surface area contributed by atoms with Gasteiger partial charge >= 0.3 is 0 Å². The summed E-state index contributed by atoms with van der Waals surface area (Å²) in [6.45, 7) is 0.0608. The molecule has 0 fully saturated rings. The SMILES string of the molecule is Nc1ccc(SCCS(=O)(=O)NCCCS(N)(=O)=O)cc1. The van der Waals surface area contributed by atoms with Gasteiger partial charge in [0.1, 0.15) is 0 Å². The maximum absolute atomic E-state index is 11.7. The zero-order valence-corrected chi connectivity index (χ0v) is 13.8. The van der Waals surface area contributed by atoms with Crippen LogP contribution in [0.15, 0.2) is 29.2 Å². The quantitative estimate of drug-likeness (QED) is 0.324. The lowest BCUT2D eigenvalue weighted by atomic mass is 10.3. The van der Waals surface area contributed by atoms with Crippen molar-refractivity contribution in [3.63, 3.8) is 0 Å². The van der Waals surface area contributed by atoms with E-state index < -0.39 is 20.0 Å². The van der Waals surface area contributed by atoms with Crippen molar-refractivity contribution in [1.82, 2.24) is 4.72 Å². The van der Waals surface area contributed by atoms with Gasteiger partial charge in [0.25, 0.3) is 0 Å². The molecule has 10 heteroatoms. The number of primary sulfonamides is 1. The fourth-order valence-electron chi connectivity index (χ4n) is 1.41.